The number of ether oxygens (including phenoxy) is 2. The van der Waals surface area contributed by atoms with Crippen molar-refractivity contribution >= 4 is 5.97 Å². The highest BCUT2D eigenvalue weighted by Gasteiger charge is 2.21. The predicted octanol–water partition coefficient (Wildman–Crippen LogP) is 1.05. The van der Waals surface area contributed by atoms with Crippen molar-refractivity contribution in [2.75, 3.05) is 20.3 Å². The second kappa shape index (κ2) is 5.95. The first-order valence-corrected chi connectivity index (χ1v) is 6.34. The van der Waals surface area contributed by atoms with Crippen molar-refractivity contribution < 1.29 is 14.3 Å². The molecule has 0 saturated carbocycles. The SMILES string of the molecule is CCc1c(C(=O)OC)nnn1CC1CCOCC1. The number of nitrogens with zero attached hydrogens (tertiary/aromatic N) is 3. The van der Waals surface area contributed by atoms with Gasteiger partial charge >= 0.3 is 5.97 Å². The van der Waals surface area contributed by atoms with Gasteiger partial charge in [-0.3, -0.25) is 0 Å². The van der Waals surface area contributed by atoms with Crippen LogP contribution >= 0.6 is 0 Å². The molecule has 0 N–H and O–H groups in total. The Balaban J connectivity index is 2.12. The van der Waals surface area contributed by atoms with Gasteiger partial charge in [-0.05, 0) is 25.2 Å². The van der Waals surface area contributed by atoms with Crippen LogP contribution < -0.4 is 0 Å². The first-order valence-electron chi connectivity index (χ1n) is 6.34. The predicted molar refractivity (Wildman–Crippen MR) is 64.3 cm³/mol. The Hall–Kier alpha value is -1.43. The van der Waals surface area contributed by atoms with Gasteiger partial charge in [-0.15, -0.1) is 5.10 Å². The van der Waals surface area contributed by atoms with Crippen molar-refractivity contribution in [2.45, 2.75) is 32.7 Å². The number of rotatable bonds is 4. The van der Waals surface area contributed by atoms with Gasteiger partial charge in [0.25, 0.3) is 0 Å². The Morgan fingerprint density at radius 3 is 2.83 bits per heavy atom. The van der Waals surface area contributed by atoms with Gasteiger partial charge in [-0.2, -0.15) is 0 Å². The van der Waals surface area contributed by atoms with E-state index in [-0.39, 0.29) is 0 Å². The zero-order chi connectivity index (χ0) is 13.0. The molecule has 1 fully saturated rings. The largest absolute Gasteiger partial charge is 0.464 e. The van der Waals surface area contributed by atoms with Crippen LogP contribution in [0, 0.1) is 5.92 Å². The van der Waals surface area contributed by atoms with Crippen molar-refractivity contribution in [2.24, 2.45) is 5.92 Å². The highest BCUT2D eigenvalue weighted by Crippen LogP contribution is 2.18. The molecule has 0 unspecified atom stereocenters. The number of carbonyl (C=O) groups excluding carboxylic acids is 1. The summed E-state index contributed by atoms with van der Waals surface area (Å²) >= 11 is 0. The van der Waals surface area contributed by atoms with Crippen LogP contribution in [-0.4, -0.2) is 41.3 Å². The molecule has 1 aromatic heterocycles. The molecule has 1 aliphatic heterocycles. The average Bonchev–Trinajstić information content (AvgIpc) is 2.81. The van der Waals surface area contributed by atoms with Crippen molar-refractivity contribution in [1.82, 2.24) is 15.0 Å². The number of aromatic nitrogens is 3. The van der Waals surface area contributed by atoms with E-state index >= 15 is 0 Å². The lowest BCUT2D eigenvalue weighted by molar-refractivity contribution is 0.0585. The molecule has 0 aromatic carbocycles. The fraction of sp³-hybridized carbons (Fsp3) is 0.750. The van der Waals surface area contributed by atoms with Gasteiger partial charge in [0.1, 0.15) is 0 Å². The molecule has 1 aromatic rings. The molecule has 2 heterocycles. The van der Waals surface area contributed by atoms with Crippen molar-refractivity contribution in [3.05, 3.63) is 11.4 Å². The lowest BCUT2D eigenvalue weighted by Crippen LogP contribution is -2.22. The van der Waals surface area contributed by atoms with E-state index in [0.29, 0.717) is 11.6 Å². The van der Waals surface area contributed by atoms with E-state index in [4.69, 9.17) is 9.47 Å². The lowest BCUT2D eigenvalue weighted by atomic mass is 10.0. The van der Waals surface area contributed by atoms with Crippen molar-refractivity contribution in [3.8, 4) is 0 Å². The van der Waals surface area contributed by atoms with Gasteiger partial charge in [-0.25, -0.2) is 9.48 Å². The van der Waals surface area contributed by atoms with E-state index in [9.17, 15) is 4.79 Å². The molecule has 0 radical (unpaired) electrons. The second-order valence-corrected chi connectivity index (χ2v) is 4.47. The Kier molecular flexibility index (Phi) is 4.30. The molecule has 0 bridgehead atoms. The number of hydrogen-bond acceptors (Lipinski definition) is 5. The van der Waals surface area contributed by atoms with Gasteiger partial charge in [0, 0.05) is 19.8 Å². The van der Waals surface area contributed by atoms with E-state index in [2.05, 4.69) is 10.3 Å². The minimum Gasteiger partial charge on any atom is -0.464 e. The van der Waals surface area contributed by atoms with Crippen molar-refractivity contribution in [1.29, 1.82) is 0 Å². The van der Waals surface area contributed by atoms with Gasteiger partial charge in [0.2, 0.25) is 0 Å². The molecule has 0 amide bonds. The van der Waals surface area contributed by atoms with Crippen LogP contribution in [0.3, 0.4) is 0 Å². The standard InChI is InChI=1S/C12H19N3O3/c1-3-10-11(12(16)17-2)13-14-15(10)8-9-4-6-18-7-5-9/h9H,3-8H2,1-2H3. The fourth-order valence-corrected chi connectivity index (χ4v) is 2.26. The van der Waals surface area contributed by atoms with E-state index in [1.807, 2.05) is 11.6 Å². The molecule has 100 valence electrons. The van der Waals surface area contributed by atoms with E-state index in [1.54, 1.807) is 0 Å². The first kappa shape index (κ1) is 13.0. The molecule has 0 spiro atoms. The summed E-state index contributed by atoms with van der Waals surface area (Å²) in [5.74, 6) is 0.140. The minimum atomic E-state index is -0.412. The lowest BCUT2D eigenvalue weighted by Gasteiger charge is -2.22. The summed E-state index contributed by atoms with van der Waals surface area (Å²) in [5, 5.41) is 8.01. The Morgan fingerprint density at radius 1 is 1.50 bits per heavy atom. The number of methoxy groups -OCH3 is 1. The Bertz CT molecular complexity index is 411. The Morgan fingerprint density at radius 2 is 2.22 bits per heavy atom. The normalized spacial score (nSPS) is 16.8. The maximum Gasteiger partial charge on any atom is 0.360 e. The summed E-state index contributed by atoms with van der Waals surface area (Å²) in [5.41, 5.74) is 1.19. The van der Waals surface area contributed by atoms with Crippen LogP contribution in [-0.2, 0) is 22.4 Å². The molecular weight excluding hydrogens is 234 g/mol. The van der Waals surface area contributed by atoms with Crippen LogP contribution in [0.15, 0.2) is 0 Å². The van der Waals surface area contributed by atoms with Gasteiger partial charge in [0.05, 0.1) is 12.8 Å². The minimum absolute atomic E-state index is 0.340. The van der Waals surface area contributed by atoms with Crippen molar-refractivity contribution in [3.63, 3.8) is 0 Å². The first-order chi connectivity index (χ1) is 8.76. The van der Waals surface area contributed by atoms with E-state index in [1.165, 1.54) is 7.11 Å². The molecule has 0 atom stereocenters. The molecule has 0 aliphatic carbocycles. The monoisotopic (exact) mass is 253 g/mol. The summed E-state index contributed by atoms with van der Waals surface area (Å²) in [6.45, 7) is 4.41. The molecular formula is C12H19N3O3. The highest BCUT2D eigenvalue weighted by molar-refractivity contribution is 5.88. The summed E-state index contributed by atoms with van der Waals surface area (Å²) in [7, 11) is 1.36. The average molecular weight is 253 g/mol. The van der Waals surface area contributed by atoms with Gasteiger partial charge < -0.3 is 9.47 Å². The molecule has 18 heavy (non-hydrogen) atoms. The summed E-state index contributed by atoms with van der Waals surface area (Å²) in [4.78, 5) is 11.5. The van der Waals surface area contributed by atoms with Crippen LogP contribution in [0.2, 0.25) is 0 Å². The smallest absolute Gasteiger partial charge is 0.360 e. The molecule has 6 nitrogen and oxygen atoms in total. The zero-order valence-corrected chi connectivity index (χ0v) is 10.9. The molecule has 1 saturated heterocycles. The van der Waals surface area contributed by atoms with Crippen LogP contribution in [0.4, 0.5) is 0 Å². The van der Waals surface area contributed by atoms with Gasteiger partial charge in [-0.1, -0.05) is 12.1 Å². The van der Waals surface area contributed by atoms with Crippen LogP contribution in [0.5, 0.6) is 0 Å². The maximum absolute atomic E-state index is 11.5. The maximum atomic E-state index is 11.5. The van der Waals surface area contributed by atoms with Crippen LogP contribution in [0.25, 0.3) is 0 Å². The third-order valence-electron chi connectivity index (χ3n) is 3.32. The third-order valence-corrected chi connectivity index (χ3v) is 3.32. The summed E-state index contributed by atoms with van der Waals surface area (Å²) < 4.78 is 11.9. The van der Waals surface area contributed by atoms with E-state index in [0.717, 1.165) is 44.7 Å². The highest BCUT2D eigenvalue weighted by atomic mass is 16.5. The van der Waals surface area contributed by atoms with Crippen LogP contribution in [0.1, 0.15) is 35.9 Å². The number of carbonyl (C=O) groups is 1. The van der Waals surface area contributed by atoms with Gasteiger partial charge in [0.15, 0.2) is 5.69 Å². The zero-order valence-electron chi connectivity index (χ0n) is 10.9. The second-order valence-electron chi connectivity index (χ2n) is 4.47. The summed E-state index contributed by atoms with van der Waals surface area (Å²) in [6.07, 6.45) is 2.80. The fourth-order valence-electron chi connectivity index (χ4n) is 2.26. The molecule has 2 rings (SSSR count). The number of hydrogen-bond donors (Lipinski definition) is 0. The molecule has 1 aliphatic rings. The van der Waals surface area contributed by atoms with E-state index < -0.39 is 5.97 Å². The topological polar surface area (TPSA) is 66.2 Å². The third kappa shape index (κ3) is 2.69. The molecule has 6 heteroatoms. The number of esters is 1. The summed E-state index contributed by atoms with van der Waals surface area (Å²) in [6, 6.07) is 0. The Labute approximate surface area is 106 Å². The quantitative estimate of drug-likeness (QED) is 0.750.